The summed E-state index contributed by atoms with van der Waals surface area (Å²) >= 11 is 1.45. The molecule has 2 saturated heterocycles. The number of carbonyl (C=O) groups excluding carboxylic acids is 1. The van der Waals surface area contributed by atoms with Gasteiger partial charge in [-0.2, -0.15) is 0 Å². The molecule has 2 atom stereocenters. The predicted molar refractivity (Wildman–Crippen MR) is 71.8 cm³/mol. The van der Waals surface area contributed by atoms with Crippen molar-refractivity contribution in [1.82, 2.24) is 14.8 Å². The van der Waals surface area contributed by atoms with Gasteiger partial charge in [-0.05, 0) is 26.7 Å². The number of thiazole rings is 1. The Bertz CT molecular complexity index is 417. The van der Waals surface area contributed by atoms with Crippen LogP contribution in [0.1, 0.15) is 36.4 Å². The van der Waals surface area contributed by atoms with Gasteiger partial charge in [0.2, 0.25) is 0 Å². The Morgan fingerprint density at radius 3 is 2.56 bits per heavy atom. The molecule has 0 spiro atoms. The molecular formula is C13H19N3OS. The van der Waals surface area contributed by atoms with E-state index in [0.29, 0.717) is 18.1 Å². The molecule has 3 rings (SSSR count). The second kappa shape index (κ2) is 4.63. The summed E-state index contributed by atoms with van der Waals surface area (Å²) in [6, 6.07) is 1.38. The number of amides is 1. The second-order valence-electron chi connectivity index (χ2n) is 5.51. The highest BCUT2D eigenvalue weighted by Crippen LogP contribution is 2.32. The van der Waals surface area contributed by atoms with Gasteiger partial charge in [-0.1, -0.05) is 0 Å². The SMILES string of the molecule is CC(C)N1CC2CCC(C1)N2C(=O)c1cncs1. The van der Waals surface area contributed by atoms with Crippen molar-refractivity contribution in [3.05, 3.63) is 16.6 Å². The number of hydrogen-bond acceptors (Lipinski definition) is 4. The summed E-state index contributed by atoms with van der Waals surface area (Å²) in [6.45, 7) is 6.53. The molecule has 2 unspecified atom stereocenters. The zero-order chi connectivity index (χ0) is 12.7. The lowest BCUT2D eigenvalue weighted by molar-refractivity contribution is 0.0353. The van der Waals surface area contributed by atoms with Crippen LogP contribution < -0.4 is 0 Å². The first kappa shape index (κ1) is 12.1. The van der Waals surface area contributed by atoms with Gasteiger partial charge in [0.05, 0.1) is 11.7 Å². The molecule has 1 amide bonds. The summed E-state index contributed by atoms with van der Waals surface area (Å²) in [5.41, 5.74) is 1.74. The quantitative estimate of drug-likeness (QED) is 0.818. The number of hydrogen-bond donors (Lipinski definition) is 0. The minimum atomic E-state index is 0.188. The number of fused-ring (bicyclic) bond motifs is 2. The molecule has 0 radical (unpaired) electrons. The first-order valence-corrected chi connectivity index (χ1v) is 7.50. The molecular weight excluding hydrogens is 246 g/mol. The van der Waals surface area contributed by atoms with E-state index in [4.69, 9.17) is 0 Å². The summed E-state index contributed by atoms with van der Waals surface area (Å²) in [7, 11) is 0. The monoisotopic (exact) mass is 265 g/mol. The smallest absolute Gasteiger partial charge is 0.266 e. The topological polar surface area (TPSA) is 36.4 Å². The average Bonchev–Trinajstić information content (AvgIpc) is 2.95. The molecule has 4 nitrogen and oxygen atoms in total. The summed E-state index contributed by atoms with van der Waals surface area (Å²) in [4.78, 5) is 21.9. The number of carbonyl (C=O) groups is 1. The van der Waals surface area contributed by atoms with E-state index in [9.17, 15) is 4.79 Å². The second-order valence-corrected chi connectivity index (χ2v) is 6.40. The Kier molecular flexibility index (Phi) is 3.11. The Hall–Kier alpha value is -0.940. The maximum absolute atomic E-state index is 12.5. The molecule has 0 aromatic carbocycles. The molecule has 18 heavy (non-hydrogen) atoms. The van der Waals surface area contributed by atoms with Gasteiger partial charge in [0.1, 0.15) is 4.88 Å². The van der Waals surface area contributed by atoms with E-state index >= 15 is 0 Å². The van der Waals surface area contributed by atoms with E-state index < -0.39 is 0 Å². The number of likely N-dealkylation sites (tertiary alicyclic amines) is 1. The van der Waals surface area contributed by atoms with E-state index in [1.54, 1.807) is 11.7 Å². The highest BCUT2D eigenvalue weighted by atomic mass is 32.1. The van der Waals surface area contributed by atoms with Crippen LogP contribution in [0, 0.1) is 0 Å². The first-order valence-electron chi connectivity index (χ1n) is 6.62. The Labute approximate surface area is 112 Å². The summed E-state index contributed by atoms with van der Waals surface area (Å²) in [6.07, 6.45) is 4.00. The molecule has 1 aromatic rings. The number of aromatic nitrogens is 1. The Morgan fingerprint density at radius 1 is 1.39 bits per heavy atom. The van der Waals surface area contributed by atoms with Crippen LogP contribution in [0.25, 0.3) is 0 Å². The van der Waals surface area contributed by atoms with Crippen molar-refractivity contribution >= 4 is 17.2 Å². The fourth-order valence-corrected chi connectivity index (χ4v) is 3.70. The normalized spacial score (nSPS) is 28.1. The van der Waals surface area contributed by atoms with Gasteiger partial charge in [-0.3, -0.25) is 14.7 Å². The average molecular weight is 265 g/mol. The lowest BCUT2D eigenvalue weighted by atomic mass is 10.1. The van der Waals surface area contributed by atoms with Gasteiger partial charge < -0.3 is 4.90 Å². The van der Waals surface area contributed by atoms with Gasteiger partial charge in [0, 0.05) is 31.2 Å². The minimum Gasteiger partial charge on any atom is -0.329 e. The van der Waals surface area contributed by atoms with Gasteiger partial charge >= 0.3 is 0 Å². The van der Waals surface area contributed by atoms with Crippen LogP contribution >= 0.6 is 11.3 Å². The fourth-order valence-electron chi connectivity index (χ4n) is 3.14. The molecule has 3 heterocycles. The molecule has 0 saturated carbocycles. The van der Waals surface area contributed by atoms with Gasteiger partial charge in [-0.15, -0.1) is 11.3 Å². The van der Waals surface area contributed by atoms with Gasteiger partial charge in [-0.25, -0.2) is 0 Å². The van der Waals surface area contributed by atoms with Crippen LogP contribution in [0.2, 0.25) is 0 Å². The van der Waals surface area contributed by atoms with Gasteiger partial charge in [0.25, 0.3) is 5.91 Å². The summed E-state index contributed by atoms with van der Waals surface area (Å²) < 4.78 is 0. The number of piperazine rings is 1. The molecule has 0 aliphatic carbocycles. The molecule has 98 valence electrons. The van der Waals surface area contributed by atoms with E-state index in [0.717, 1.165) is 30.8 Å². The predicted octanol–water partition coefficient (Wildman–Crippen LogP) is 1.84. The highest BCUT2D eigenvalue weighted by Gasteiger charge is 2.43. The molecule has 2 bridgehead atoms. The van der Waals surface area contributed by atoms with Crippen LogP contribution in [-0.4, -0.2) is 51.9 Å². The van der Waals surface area contributed by atoms with E-state index in [2.05, 4.69) is 28.6 Å². The standard InChI is InChI=1S/C13H19N3OS/c1-9(2)15-6-10-3-4-11(7-15)16(10)13(17)12-5-14-8-18-12/h5,8-11H,3-4,6-7H2,1-2H3. The molecule has 0 N–H and O–H groups in total. The zero-order valence-electron chi connectivity index (χ0n) is 10.9. The maximum atomic E-state index is 12.5. The fraction of sp³-hybridized carbons (Fsp3) is 0.692. The zero-order valence-corrected chi connectivity index (χ0v) is 11.7. The molecule has 5 heteroatoms. The highest BCUT2D eigenvalue weighted by molar-refractivity contribution is 7.11. The number of rotatable bonds is 2. The minimum absolute atomic E-state index is 0.188. The third-order valence-electron chi connectivity index (χ3n) is 4.12. The largest absolute Gasteiger partial charge is 0.329 e. The van der Waals surface area contributed by atoms with Crippen LogP contribution in [0.4, 0.5) is 0 Å². The van der Waals surface area contributed by atoms with Crippen molar-refractivity contribution in [1.29, 1.82) is 0 Å². The molecule has 2 fully saturated rings. The van der Waals surface area contributed by atoms with Crippen LogP contribution in [0.3, 0.4) is 0 Å². The number of nitrogens with zero attached hydrogens (tertiary/aromatic N) is 3. The van der Waals surface area contributed by atoms with E-state index in [-0.39, 0.29) is 5.91 Å². The van der Waals surface area contributed by atoms with Crippen molar-refractivity contribution in [2.45, 2.75) is 44.8 Å². The summed E-state index contributed by atoms with van der Waals surface area (Å²) in [5, 5.41) is 0. The van der Waals surface area contributed by atoms with Crippen molar-refractivity contribution in [2.75, 3.05) is 13.1 Å². The molecule has 2 aliphatic heterocycles. The van der Waals surface area contributed by atoms with Crippen molar-refractivity contribution in [3.8, 4) is 0 Å². The lowest BCUT2D eigenvalue weighted by Crippen LogP contribution is -2.57. The van der Waals surface area contributed by atoms with Crippen molar-refractivity contribution in [3.63, 3.8) is 0 Å². The third kappa shape index (κ3) is 1.95. The Balaban J connectivity index is 1.78. The third-order valence-corrected chi connectivity index (χ3v) is 4.88. The molecule has 1 aromatic heterocycles. The summed E-state index contributed by atoms with van der Waals surface area (Å²) in [5.74, 6) is 0.188. The maximum Gasteiger partial charge on any atom is 0.266 e. The van der Waals surface area contributed by atoms with Crippen molar-refractivity contribution < 1.29 is 4.79 Å². The molecule has 2 aliphatic rings. The van der Waals surface area contributed by atoms with Crippen LogP contribution in [0.15, 0.2) is 11.7 Å². The first-order chi connectivity index (χ1) is 8.66. The Morgan fingerprint density at radius 2 is 2.06 bits per heavy atom. The van der Waals surface area contributed by atoms with Crippen molar-refractivity contribution in [2.24, 2.45) is 0 Å². The van der Waals surface area contributed by atoms with Crippen LogP contribution in [0.5, 0.6) is 0 Å². The van der Waals surface area contributed by atoms with E-state index in [1.165, 1.54) is 11.3 Å². The van der Waals surface area contributed by atoms with Gasteiger partial charge in [0.15, 0.2) is 0 Å². The van der Waals surface area contributed by atoms with E-state index in [1.807, 2.05) is 0 Å². The lowest BCUT2D eigenvalue weighted by Gasteiger charge is -2.42. The van der Waals surface area contributed by atoms with Crippen LogP contribution in [-0.2, 0) is 0 Å².